The molecular formula is C44H45Cl3N8O4. The molecule has 0 aliphatic carbocycles. The lowest BCUT2D eigenvalue weighted by atomic mass is 9.99. The Bertz CT molecular complexity index is 2480. The van der Waals surface area contributed by atoms with Crippen LogP contribution < -0.4 is 10.2 Å². The molecule has 3 aromatic heterocycles. The second-order valence-electron chi connectivity index (χ2n) is 14.9. The third-order valence-electron chi connectivity index (χ3n) is 10.9. The van der Waals surface area contributed by atoms with Gasteiger partial charge in [-0.05, 0) is 69.1 Å². The SMILES string of the molecule is CC(c1ccc(Cl)cc1Cl)n1cnc(-c2ccccc2)c1-c1c(C(=O)Nc2cc(C(=O)N(C)C)cnc2N2CCC(N(C)CCCOC=O)CC2)[nH]c2cc(Cl)ccc12. The number of hydrogen-bond donors (Lipinski definition) is 2. The van der Waals surface area contributed by atoms with Crippen LogP contribution in [-0.2, 0) is 9.53 Å². The zero-order valence-electron chi connectivity index (χ0n) is 33.2. The van der Waals surface area contributed by atoms with E-state index in [9.17, 15) is 14.4 Å². The van der Waals surface area contributed by atoms with Gasteiger partial charge in [0.15, 0.2) is 5.82 Å². The summed E-state index contributed by atoms with van der Waals surface area (Å²) in [5.74, 6) is -0.123. The van der Waals surface area contributed by atoms with Gasteiger partial charge in [-0.1, -0.05) is 77.3 Å². The largest absolute Gasteiger partial charge is 0.468 e. The van der Waals surface area contributed by atoms with Gasteiger partial charge < -0.3 is 34.3 Å². The van der Waals surface area contributed by atoms with Crippen LogP contribution in [0.15, 0.2) is 85.3 Å². The van der Waals surface area contributed by atoms with E-state index < -0.39 is 5.91 Å². The number of rotatable bonds is 14. The number of aromatic nitrogens is 4. The maximum absolute atomic E-state index is 15.0. The smallest absolute Gasteiger partial charge is 0.293 e. The molecule has 1 unspecified atom stereocenters. The molecule has 1 aliphatic rings. The molecular weight excluding hydrogens is 811 g/mol. The van der Waals surface area contributed by atoms with Gasteiger partial charge in [0.1, 0.15) is 5.69 Å². The van der Waals surface area contributed by atoms with E-state index in [0.29, 0.717) is 86.8 Å². The van der Waals surface area contributed by atoms with Crippen LogP contribution in [-0.4, -0.2) is 101 Å². The Morgan fingerprint density at radius 2 is 1.71 bits per heavy atom. The quantitative estimate of drug-likeness (QED) is 0.0821. The summed E-state index contributed by atoms with van der Waals surface area (Å²) in [5.41, 5.74) is 5.30. The first-order valence-corrected chi connectivity index (χ1v) is 20.5. The number of benzene rings is 3. The molecule has 1 atom stereocenters. The maximum atomic E-state index is 15.0. The second-order valence-corrected chi connectivity index (χ2v) is 16.2. The monoisotopic (exact) mass is 854 g/mol. The number of anilines is 2. The molecule has 0 spiro atoms. The number of H-pyrrole nitrogens is 1. The summed E-state index contributed by atoms with van der Waals surface area (Å²) in [6.45, 7) is 5.04. The van der Waals surface area contributed by atoms with E-state index in [1.54, 1.807) is 57.0 Å². The van der Waals surface area contributed by atoms with Crippen molar-refractivity contribution in [1.29, 1.82) is 0 Å². The molecule has 2 amide bonds. The van der Waals surface area contributed by atoms with Crippen molar-refractivity contribution < 1.29 is 19.1 Å². The number of carbonyl (C=O) groups excluding carboxylic acids is 3. The van der Waals surface area contributed by atoms with Gasteiger partial charge >= 0.3 is 0 Å². The summed E-state index contributed by atoms with van der Waals surface area (Å²) < 4.78 is 6.90. The molecule has 1 aliphatic heterocycles. The Balaban J connectivity index is 1.31. The Morgan fingerprint density at radius 3 is 2.42 bits per heavy atom. The number of ether oxygens (including phenoxy) is 1. The fourth-order valence-electron chi connectivity index (χ4n) is 7.79. The van der Waals surface area contributed by atoms with E-state index in [0.717, 1.165) is 42.3 Å². The summed E-state index contributed by atoms with van der Waals surface area (Å²) in [5, 5.41) is 5.45. The lowest BCUT2D eigenvalue weighted by Crippen LogP contribution is -2.44. The average molecular weight is 856 g/mol. The average Bonchev–Trinajstić information content (AvgIpc) is 3.84. The molecule has 2 N–H and O–H groups in total. The topological polar surface area (TPSA) is 129 Å². The normalized spacial score (nSPS) is 13.8. The molecule has 0 radical (unpaired) electrons. The van der Waals surface area contributed by atoms with Gasteiger partial charge in [0.25, 0.3) is 18.3 Å². The summed E-state index contributed by atoms with van der Waals surface area (Å²) >= 11 is 19.6. The van der Waals surface area contributed by atoms with Crippen molar-refractivity contribution in [2.45, 2.75) is 38.3 Å². The van der Waals surface area contributed by atoms with Crippen LogP contribution >= 0.6 is 34.8 Å². The van der Waals surface area contributed by atoms with Crippen molar-refractivity contribution in [1.82, 2.24) is 29.3 Å². The molecule has 3 aromatic carbocycles. The van der Waals surface area contributed by atoms with Crippen LogP contribution in [0.1, 0.15) is 58.6 Å². The Kier molecular flexibility index (Phi) is 12.9. The fourth-order valence-corrected chi connectivity index (χ4v) is 8.53. The van der Waals surface area contributed by atoms with Gasteiger partial charge in [0.05, 0.1) is 41.6 Å². The predicted molar refractivity (Wildman–Crippen MR) is 235 cm³/mol. The molecule has 6 aromatic rings. The first-order valence-electron chi connectivity index (χ1n) is 19.4. The van der Waals surface area contributed by atoms with Gasteiger partial charge in [-0.3, -0.25) is 14.4 Å². The zero-order chi connectivity index (χ0) is 41.8. The number of halogens is 3. The number of hydrogen-bond acceptors (Lipinski definition) is 8. The molecule has 1 fully saturated rings. The van der Waals surface area contributed by atoms with Gasteiger partial charge in [0.2, 0.25) is 0 Å². The van der Waals surface area contributed by atoms with Crippen molar-refractivity contribution in [2.24, 2.45) is 0 Å². The van der Waals surface area contributed by atoms with Crippen molar-refractivity contribution in [3.8, 4) is 22.5 Å². The second kappa shape index (κ2) is 18.3. The molecule has 0 bridgehead atoms. The lowest BCUT2D eigenvalue weighted by molar-refractivity contribution is -0.128. The van der Waals surface area contributed by atoms with E-state index in [1.807, 2.05) is 54.0 Å². The fraction of sp³-hybridized carbons (Fsp3) is 0.295. The van der Waals surface area contributed by atoms with Crippen LogP contribution in [0.4, 0.5) is 11.5 Å². The number of pyridine rings is 1. The van der Waals surface area contributed by atoms with E-state index in [1.165, 1.54) is 4.90 Å². The molecule has 4 heterocycles. The van der Waals surface area contributed by atoms with E-state index in [2.05, 4.69) is 27.1 Å². The number of piperidine rings is 1. The van der Waals surface area contributed by atoms with Gasteiger partial charge in [-0.15, -0.1) is 0 Å². The maximum Gasteiger partial charge on any atom is 0.293 e. The number of imidazole rings is 1. The Labute approximate surface area is 358 Å². The van der Waals surface area contributed by atoms with Crippen LogP contribution in [0.25, 0.3) is 33.4 Å². The van der Waals surface area contributed by atoms with Gasteiger partial charge in [0, 0.05) is 83.1 Å². The number of amides is 2. The minimum absolute atomic E-state index is 0.245. The highest BCUT2D eigenvalue weighted by Crippen LogP contribution is 2.42. The predicted octanol–water partition coefficient (Wildman–Crippen LogP) is 9.08. The number of aromatic amines is 1. The third-order valence-corrected chi connectivity index (χ3v) is 11.7. The van der Waals surface area contributed by atoms with Crippen LogP contribution in [0.5, 0.6) is 0 Å². The number of carbonyl (C=O) groups is 3. The van der Waals surface area contributed by atoms with Crippen LogP contribution in [0.3, 0.4) is 0 Å². The minimum Gasteiger partial charge on any atom is -0.468 e. The van der Waals surface area contributed by atoms with Crippen molar-refractivity contribution in [3.05, 3.63) is 117 Å². The number of nitrogens with zero attached hydrogens (tertiary/aromatic N) is 6. The van der Waals surface area contributed by atoms with Crippen molar-refractivity contribution >= 4 is 75.5 Å². The molecule has 15 heteroatoms. The highest BCUT2D eigenvalue weighted by molar-refractivity contribution is 6.35. The number of fused-ring (bicyclic) bond motifs is 1. The van der Waals surface area contributed by atoms with E-state index in [-0.39, 0.29) is 17.6 Å². The van der Waals surface area contributed by atoms with E-state index in [4.69, 9.17) is 49.5 Å². The van der Waals surface area contributed by atoms with Gasteiger partial charge in [-0.2, -0.15) is 0 Å². The van der Waals surface area contributed by atoms with Crippen molar-refractivity contribution in [2.75, 3.05) is 57.6 Å². The Morgan fingerprint density at radius 1 is 0.983 bits per heavy atom. The lowest BCUT2D eigenvalue weighted by Gasteiger charge is -2.38. The molecule has 7 rings (SSSR count). The summed E-state index contributed by atoms with van der Waals surface area (Å²) in [7, 11) is 5.43. The van der Waals surface area contributed by atoms with Crippen LogP contribution in [0, 0.1) is 0 Å². The molecule has 12 nitrogen and oxygen atoms in total. The summed E-state index contributed by atoms with van der Waals surface area (Å²) in [6.07, 6.45) is 5.78. The molecule has 306 valence electrons. The summed E-state index contributed by atoms with van der Waals surface area (Å²) in [6, 6.07) is 22.4. The Hall–Kier alpha value is -5.40. The first-order chi connectivity index (χ1) is 28.4. The zero-order valence-corrected chi connectivity index (χ0v) is 35.5. The van der Waals surface area contributed by atoms with Crippen molar-refractivity contribution in [3.63, 3.8) is 0 Å². The van der Waals surface area contributed by atoms with Gasteiger partial charge in [-0.25, -0.2) is 9.97 Å². The highest BCUT2D eigenvalue weighted by Gasteiger charge is 2.30. The number of nitrogens with one attached hydrogen (secondary N) is 2. The molecule has 59 heavy (non-hydrogen) atoms. The van der Waals surface area contributed by atoms with E-state index >= 15 is 0 Å². The standard InChI is InChI=1S/C44H45Cl3N8O4/c1-27(33-13-11-30(45)22-35(33)47)55-25-49-39(28-9-6-5-7-10-28)41(55)38-34-14-12-31(46)23-36(34)50-40(38)43(57)51-37-21-29(44(58)52(2)3)24-48-42(37)54-18-15-32(16-19-54)53(4)17-8-20-59-26-56/h5-7,9-14,21-27,32,50H,8,15-20H2,1-4H3,(H,51,57). The third kappa shape index (κ3) is 8.96. The molecule has 1 saturated heterocycles. The highest BCUT2D eigenvalue weighted by atomic mass is 35.5. The molecule has 0 saturated carbocycles. The minimum atomic E-state index is -0.444. The first kappa shape index (κ1) is 41.7. The van der Waals surface area contributed by atoms with Crippen LogP contribution in [0.2, 0.25) is 15.1 Å². The summed E-state index contributed by atoms with van der Waals surface area (Å²) in [4.78, 5) is 57.9.